The quantitative estimate of drug-likeness (QED) is 0.219. The molecule has 4 heterocycles. The minimum atomic E-state index is -0.197. The molecule has 4 aromatic rings. The Kier molecular flexibility index (Phi) is 8.62. The fourth-order valence-corrected chi connectivity index (χ4v) is 6.67. The number of anilines is 3. The Morgan fingerprint density at radius 2 is 1.73 bits per heavy atom. The van der Waals surface area contributed by atoms with Crippen molar-refractivity contribution in [2.45, 2.75) is 39.8 Å². The van der Waals surface area contributed by atoms with Gasteiger partial charge in [0.2, 0.25) is 5.91 Å². The number of amides is 1. The van der Waals surface area contributed by atoms with Crippen LogP contribution in [0.25, 0.3) is 5.69 Å². The van der Waals surface area contributed by atoms with Gasteiger partial charge in [0.15, 0.2) is 5.11 Å². The molecule has 0 unspecified atom stereocenters. The van der Waals surface area contributed by atoms with Crippen LogP contribution in [0.1, 0.15) is 48.6 Å². The normalized spacial score (nSPS) is 18.5. The molecule has 0 bridgehead atoms. The number of aryl methyl sites for hydroxylation is 1. The molecule has 2 aliphatic heterocycles. The molecular formula is C34H37ClN6O2S. The van der Waals surface area contributed by atoms with Gasteiger partial charge in [0.1, 0.15) is 0 Å². The van der Waals surface area contributed by atoms with Gasteiger partial charge in [-0.2, -0.15) is 0 Å². The summed E-state index contributed by atoms with van der Waals surface area (Å²) in [5.74, 6) is -0.244. The SMILES string of the molecule is Cc1cc([C@H]2[C@H](c3ccccn3)NC(=S)N2c2ccc(NC(=O)C(C)C)c(Cl)c2)c(C)n1-c1ccc(N2CCOCC2)cc1. The lowest BCUT2D eigenvalue weighted by molar-refractivity contribution is -0.118. The van der Waals surface area contributed by atoms with Gasteiger partial charge in [0.05, 0.1) is 41.7 Å². The fraction of sp³-hybridized carbons (Fsp3) is 0.324. The Hall–Kier alpha value is -3.92. The molecule has 2 atom stereocenters. The summed E-state index contributed by atoms with van der Waals surface area (Å²) in [6, 6.07) is 22.2. The van der Waals surface area contributed by atoms with Crippen LogP contribution < -0.4 is 20.4 Å². The number of hydrogen-bond donors (Lipinski definition) is 2. The Morgan fingerprint density at radius 3 is 2.39 bits per heavy atom. The lowest BCUT2D eigenvalue weighted by Crippen LogP contribution is -2.36. The van der Waals surface area contributed by atoms with E-state index < -0.39 is 0 Å². The first kappa shape index (κ1) is 30.1. The van der Waals surface area contributed by atoms with Gasteiger partial charge in [-0.05, 0) is 92.3 Å². The largest absolute Gasteiger partial charge is 0.378 e. The summed E-state index contributed by atoms with van der Waals surface area (Å²) in [5, 5.41) is 7.50. The number of ether oxygens (including phenoxy) is 1. The number of aromatic nitrogens is 2. The van der Waals surface area contributed by atoms with Crippen LogP contribution >= 0.6 is 23.8 Å². The maximum atomic E-state index is 12.4. The molecule has 2 aromatic carbocycles. The number of rotatable bonds is 7. The predicted octanol–water partition coefficient (Wildman–Crippen LogP) is 6.75. The third-order valence-corrected chi connectivity index (χ3v) is 9.01. The van der Waals surface area contributed by atoms with Crippen LogP contribution in [0.4, 0.5) is 17.1 Å². The molecule has 0 aliphatic carbocycles. The highest BCUT2D eigenvalue weighted by Crippen LogP contribution is 2.45. The van der Waals surface area contributed by atoms with Crippen molar-refractivity contribution in [1.82, 2.24) is 14.9 Å². The van der Waals surface area contributed by atoms with Crippen LogP contribution in [-0.2, 0) is 9.53 Å². The van der Waals surface area contributed by atoms with E-state index in [1.807, 2.05) is 56.4 Å². The Balaban J connectivity index is 1.39. The summed E-state index contributed by atoms with van der Waals surface area (Å²) in [4.78, 5) is 21.5. The summed E-state index contributed by atoms with van der Waals surface area (Å²) >= 11 is 12.7. The predicted molar refractivity (Wildman–Crippen MR) is 181 cm³/mol. The van der Waals surface area contributed by atoms with Crippen LogP contribution in [0.2, 0.25) is 5.02 Å². The van der Waals surface area contributed by atoms with Gasteiger partial charge >= 0.3 is 0 Å². The number of nitrogens with zero attached hydrogens (tertiary/aromatic N) is 4. The second kappa shape index (κ2) is 12.6. The smallest absolute Gasteiger partial charge is 0.226 e. The number of hydrogen-bond acceptors (Lipinski definition) is 5. The molecule has 2 aromatic heterocycles. The van der Waals surface area contributed by atoms with E-state index in [1.54, 1.807) is 0 Å². The summed E-state index contributed by atoms with van der Waals surface area (Å²) in [7, 11) is 0. The monoisotopic (exact) mass is 628 g/mol. The minimum Gasteiger partial charge on any atom is -0.378 e. The van der Waals surface area contributed by atoms with Crippen molar-refractivity contribution in [3.05, 3.63) is 101 Å². The molecule has 0 radical (unpaired) electrons. The van der Waals surface area contributed by atoms with E-state index in [-0.39, 0.29) is 23.9 Å². The number of pyridine rings is 1. The number of carbonyl (C=O) groups excluding carboxylic acids is 1. The van der Waals surface area contributed by atoms with Crippen molar-refractivity contribution in [2.24, 2.45) is 5.92 Å². The summed E-state index contributed by atoms with van der Waals surface area (Å²) in [6.07, 6.45) is 1.81. The first-order chi connectivity index (χ1) is 21.2. The number of thiocarbonyl (C=S) groups is 1. The minimum absolute atomic E-state index is 0.0866. The zero-order valence-corrected chi connectivity index (χ0v) is 27.0. The maximum absolute atomic E-state index is 12.4. The summed E-state index contributed by atoms with van der Waals surface area (Å²) in [5.41, 5.74) is 7.99. The third-order valence-electron chi connectivity index (χ3n) is 8.38. The van der Waals surface area contributed by atoms with Crippen LogP contribution in [0.5, 0.6) is 0 Å². The van der Waals surface area contributed by atoms with Gasteiger partial charge in [-0.15, -0.1) is 0 Å². The molecule has 2 aliphatic rings. The van der Waals surface area contributed by atoms with E-state index in [0.29, 0.717) is 15.8 Å². The number of benzene rings is 2. The molecule has 0 saturated carbocycles. The van der Waals surface area contributed by atoms with Crippen LogP contribution in [0.3, 0.4) is 0 Å². The second-order valence-electron chi connectivity index (χ2n) is 11.6. The van der Waals surface area contributed by atoms with Crippen LogP contribution in [-0.4, -0.2) is 46.9 Å². The molecule has 2 saturated heterocycles. The van der Waals surface area contributed by atoms with Crippen molar-refractivity contribution in [1.29, 1.82) is 0 Å². The van der Waals surface area contributed by atoms with Crippen molar-refractivity contribution in [2.75, 3.05) is 41.4 Å². The van der Waals surface area contributed by atoms with Crippen LogP contribution in [0.15, 0.2) is 72.9 Å². The molecule has 228 valence electrons. The molecule has 6 rings (SSSR count). The molecule has 0 spiro atoms. The highest BCUT2D eigenvalue weighted by Gasteiger charge is 2.42. The highest BCUT2D eigenvalue weighted by atomic mass is 35.5. The Morgan fingerprint density at radius 1 is 1.02 bits per heavy atom. The first-order valence-electron chi connectivity index (χ1n) is 15.0. The summed E-state index contributed by atoms with van der Waals surface area (Å²) < 4.78 is 7.83. The molecule has 2 N–H and O–H groups in total. The average molecular weight is 629 g/mol. The lowest BCUT2D eigenvalue weighted by atomic mass is 9.96. The van der Waals surface area contributed by atoms with Gasteiger partial charge < -0.3 is 29.7 Å². The second-order valence-corrected chi connectivity index (χ2v) is 12.4. The zero-order chi connectivity index (χ0) is 31.0. The lowest BCUT2D eigenvalue weighted by Gasteiger charge is -2.29. The van der Waals surface area contributed by atoms with Crippen molar-refractivity contribution in [3.8, 4) is 5.69 Å². The average Bonchev–Trinajstić information content (AvgIpc) is 3.53. The standard InChI is InChI=1S/C34H37ClN6O2S/c1-21(2)33(42)37-29-13-12-26(20-28(29)35)41-32(31(38-34(41)44)30-7-5-6-14-36-30)27-19-22(3)40(23(27)4)25-10-8-24(9-11-25)39-15-17-43-18-16-39/h5-14,19-21,31-32H,15-18H2,1-4H3,(H,37,42)(H,38,44)/t31-,32-/m0/s1. The number of nitrogens with one attached hydrogen (secondary N) is 2. The molecule has 2 fully saturated rings. The van der Waals surface area contributed by atoms with Gasteiger partial charge in [0, 0.05) is 53.7 Å². The van der Waals surface area contributed by atoms with Crippen molar-refractivity contribution >= 4 is 51.9 Å². The van der Waals surface area contributed by atoms with E-state index in [4.69, 9.17) is 33.5 Å². The molecule has 10 heteroatoms. The van der Waals surface area contributed by atoms with E-state index >= 15 is 0 Å². The van der Waals surface area contributed by atoms with E-state index in [9.17, 15) is 4.79 Å². The number of halogens is 1. The molecule has 44 heavy (non-hydrogen) atoms. The van der Waals surface area contributed by atoms with Crippen molar-refractivity contribution in [3.63, 3.8) is 0 Å². The van der Waals surface area contributed by atoms with Gasteiger partial charge in [-0.1, -0.05) is 31.5 Å². The van der Waals surface area contributed by atoms with E-state index in [0.717, 1.165) is 60.3 Å². The number of carbonyl (C=O) groups is 1. The van der Waals surface area contributed by atoms with E-state index in [1.165, 1.54) is 5.69 Å². The van der Waals surface area contributed by atoms with Gasteiger partial charge in [-0.25, -0.2) is 0 Å². The van der Waals surface area contributed by atoms with Gasteiger partial charge in [-0.3, -0.25) is 9.78 Å². The Bertz CT molecular complexity index is 1670. The summed E-state index contributed by atoms with van der Waals surface area (Å²) in [6.45, 7) is 11.3. The molecule has 1 amide bonds. The van der Waals surface area contributed by atoms with Crippen molar-refractivity contribution < 1.29 is 9.53 Å². The Labute approximate surface area is 269 Å². The van der Waals surface area contributed by atoms with Crippen LogP contribution in [0, 0.1) is 19.8 Å². The van der Waals surface area contributed by atoms with E-state index in [2.05, 4.69) is 69.2 Å². The maximum Gasteiger partial charge on any atom is 0.226 e. The first-order valence-corrected chi connectivity index (χ1v) is 15.7. The molecular weight excluding hydrogens is 592 g/mol. The number of morpholine rings is 1. The zero-order valence-electron chi connectivity index (χ0n) is 25.4. The third kappa shape index (κ3) is 5.79. The fourth-order valence-electron chi connectivity index (χ4n) is 6.10. The van der Waals surface area contributed by atoms with Gasteiger partial charge in [0.25, 0.3) is 0 Å². The highest BCUT2D eigenvalue weighted by molar-refractivity contribution is 7.80. The molecule has 8 nitrogen and oxygen atoms in total. The topological polar surface area (TPSA) is 74.7 Å².